The van der Waals surface area contributed by atoms with Gasteiger partial charge in [0.2, 0.25) is 5.75 Å². The maximum absolute atomic E-state index is 14.1. The van der Waals surface area contributed by atoms with Crippen molar-refractivity contribution in [2.75, 3.05) is 33.8 Å². The zero-order valence-electron chi connectivity index (χ0n) is 25.1. The van der Waals surface area contributed by atoms with Crippen LogP contribution in [0, 0.1) is 13.8 Å². The molecular formula is C33H33N3O6S. The molecule has 0 saturated heterocycles. The van der Waals surface area contributed by atoms with Gasteiger partial charge in [0.05, 0.1) is 50.3 Å². The number of hydrogen-bond acceptors (Lipinski definition) is 8. The summed E-state index contributed by atoms with van der Waals surface area (Å²) in [7, 11) is 6.20. The van der Waals surface area contributed by atoms with Gasteiger partial charge in [0.1, 0.15) is 5.75 Å². The van der Waals surface area contributed by atoms with Crippen LogP contribution in [0.4, 0.5) is 5.69 Å². The number of thiazole rings is 1. The molecule has 0 aliphatic carbocycles. The van der Waals surface area contributed by atoms with Crippen LogP contribution in [0.2, 0.25) is 0 Å². The van der Waals surface area contributed by atoms with Gasteiger partial charge < -0.3 is 24.3 Å². The molecule has 1 amide bonds. The zero-order chi connectivity index (χ0) is 30.8. The number of allylic oxidation sites excluding steroid dienone is 1. The van der Waals surface area contributed by atoms with Crippen molar-refractivity contribution in [3.63, 3.8) is 0 Å². The Bertz CT molecular complexity index is 1900. The first-order valence-corrected chi connectivity index (χ1v) is 14.4. The molecule has 10 heteroatoms. The number of amides is 1. The second-order valence-corrected chi connectivity index (χ2v) is 11.1. The highest BCUT2D eigenvalue weighted by atomic mass is 32.1. The standard InChI is InChI=1S/C33H33N3O6S/c1-18-8-13-24(19(2)14-18)35-31(37)28-20(3)34-33-36(29(28)22-9-11-23(39-4)12-10-22)32(38)27(43-33)17-21-15-25(40-5)30(42-7)26(16-21)41-6/h8-17,29H,1-7H3,(H,35,37)/b27-17+/t29-/m0/s1. The minimum atomic E-state index is -0.713. The molecule has 1 aliphatic heterocycles. The molecule has 43 heavy (non-hydrogen) atoms. The SMILES string of the molecule is COc1ccc([C@H]2C(C(=O)Nc3ccc(C)cc3C)=C(C)N=c3s/c(=C/c4cc(OC)c(OC)c(OC)c4)c(=O)n32)cc1. The molecule has 0 spiro atoms. The van der Waals surface area contributed by atoms with Gasteiger partial charge >= 0.3 is 0 Å². The molecule has 0 unspecified atom stereocenters. The van der Waals surface area contributed by atoms with Gasteiger partial charge in [-0.2, -0.15) is 0 Å². The molecule has 4 aromatic rings. The first-order valence-electron chi connectivity index (χ1n) is 13.5. The molecule has 0 saturated carbocycles. The van der Waals surface area contributed by atoms with Crippen LogP contribution in [0.25, 0.3) is 6.08 Å². The van der Waals surface area contributed by atoms with Crippen LogP contribution < -0.4 is 39.2 Å². The molecule has 1 N–H and O–H groups in total. The minimum absolute atomic E-state index is 0.275. The third-order valence-corrected chi connectivity index (χ3v) is 8.30. The van der Waals surface area contributed by atoms with E-state index in [1.807, 2.05) is 56.3 Å². The summed E-state index contributed by atoms with van der Waals surface area (Å²) in [6.45, 7) is 5.74. The van der Waals surface area contributed by atoms with E-state index in [1.165, 1.54) is 32.7 Å². The highest BCUT2D eigenvalue weighted by Crippen LogP contribution is 2.38. The van der Waals surface area contributed by atoms with Gasteiger partial charge in [-0.3, -0.25) is 14.2 Å². The summed E-state index contributed by atoms with van der Waals surface area (Å²) in [4.78, 5) is 33.3. The van der Waals surface area contributed by atoms with Crippen LogP contribution >= 0.6 is 11.3 Å². The predicted molar refractivity (Wildman–Crippen MR) is 167 cm³/mol. The Morgan fingerprint density at radius 3 is 2.16 bits per heavy atom. The lowest BCUT2D eigenvalue weighted by Gasteiger charge is -2.25. The van der Waals surface area contributed by atoms with E-state index in [1.54, 1.807) is 36.8 Å². The number of nitrogens with one attached hydrogen (secondary N) is 1. The Labute approximate surface area is 253 Å². The fraction of sp³-hybridized carbons (Fsp3) is 0.242. The molecule has 2 heterocycles. The number of benzene rings is 3. The normalized spacial score (nSPS) is 14.6. The number of rotatable bonds is 8. The maximum Gasteiger partial charge on any atom is 0.271 e. The number of fused-ring (bicyclic) bond motifs is 1. The van der Waals surface area contributed by atoms with Crippen LogP contribution in [0.5, 0.6) is 23.0 Å². The molecule has 9 nitrogen and oxygen atoms in total. The van der Waals surface area contributed by atoms with E-state index in [9.17, 15) is 9.59 Å². The van der Waals surface area contributed by atoms with Crippen molar-refractivity contribution in [2.24, 2.45) is 4.99 Å². The molecule has 0 radical (unpaired) electrons. The summed E-state index contributed by atoms with van der Waals surface area (Å²) in [6, 6.07) is 16.0. The summed E-state index contributed by atoms with van der Waals surface area (Å²) in [5.74, 6) is 1.74. The Balaban J connectivity index is 1.67. The quantitative estimate of drug-likeness (QED) is 0.320. The first-order chi connectivity index (χ1) is 20.7. The topological polar surface area (TPSA) is 100 Å². The average Bonchev–Trinajstić information content (AvgIpc) is 3.30. The van der Waals surface area contributed by atoms with Gasteiger partial charge in [-0.25, -0.2) is 4.99 Å². The van der Waals surface area contributed by atoms with E-state index >= 15 is 0 Å². The number of aryl methyl sites for hydroxylation is 2. The lowest BCUT2D eigenvalue weighted by molar-refractivity contribution is -0.113. The van der Waals surface area contributed by atoms with E-state index in [2.05, 4.69) is 5.32 Å². The van der Waals surface area contributed by atoms with E-state index in [0.29, 0.717) is 54.9 Å². The van der Waals surface area contributed by atoms with Crippen molar-refractivity contribution in [2.45, 2.75) is 26.8 Å². The Hall–Kier alpha value is -4.83. The number of hydrogen-bond donors (Lipinski definition) is 1. The molecule has 0 fully saturated rings. The predicted octanol–water partition coefficient (Wildman–Crippen LogP) is 4.53. The minimum Gasteiger partial charge on any atom is -0.497 e. The van der Waals surface area contributed by atoms with Crippen molar-refractivity contribution in [1.29, 1.82) is 0 Å². The Morgan fingerprint density at radius 2 is 1.58 bits per heavy atom. The van der Waals surface area contributed by atoms with E-state index in [-0.39, 0.29) is 11.5 Å². The lowest BCUT2D eigenvalue weighted by atomic mass is 9.95. The number of methoxy groups -OCH3 is 4. The smallest absolute Gasteiger partial charge is 0.271 e. The molecule has 5 rings (SSSR count). The number of carbonyl (C=O) groups excluding carboxylic acids is 1. The number of nitrogens with zero attached hydrogens (tertiary/aromatic N) is 2. The second-order valence-electron chi connectivity index (χ2n) is 10.1. The average molecular weight is 600 g/mol. The van der Waals surface area contributed by atoms with Crippen molar-refractivity contribution < 1.29 is 23.7 Å². The van der Waals surface area contributed by atoms with Crippen LogP contribution in [-0.2, 0) is 4.79 Å². The van der Waals surface area contributed by atoms with Crippen molar-refractivity contribution in [3.05, 3.63) is 108 Å². The Morgan fingerprint density at radius 1 is 0.907 bits per heavy atom. The van der Waals surface area contributed by atoms with Gasteiger partial charge in [-0.15, -0.1) is 0 Å². The fourth-order valence-corrected chi connectivity index (χ4v) is 6.24. The van der Waals surface area contributed by atoms with E-state index < -0.39 is 6.04 Å². The van der Waals surface area contributed by atoms with Crippen LogP contribution in [0.3, 0.4) is 0 Å². The maximum atomic E-state index is 14.1. The first kappa shape index (κ1) is 29.7. The largest absolute Gasteiger partial charge is 0.497 e. The van der Waals surface area contributed by atoms with Crippen LogP contribution in [0.15, 0.2) is 75.7 Å². The monoisotopic (exact) mass is 599 g/mol. The lowest BCUT2D eigenvalue weighted by Crippen LogP contribution is -2.40. The van der Waals surface area contributed by atoms with Crippen LogP contribution in [-0.4, -0.2) is 38.9 Å². The number of ether oxygens (including phenoxy) is 4. The molecule has 1 atom stereocenters. The van der Waals surface area contributed by atoms with Gasteiger partial charge in [-0.05, 0) is 73.9 Å². The number of anilines is 1. The number of aromatic nitrogens is 1. The summed E-state index contributed by atoms with van der Waals surface area (Å²) in [6.07, 6.45) is 1.76. The van der Waals surface area contributed by atoms with Gasteiger partial charge in [-0.1, -0.05) is 41.2 Å². The molecule has 1 aliphatic rings. The molecule has 1 aromatic heterocycles. The van der Waals surface area contributed by atoms with Gasteiger partial charge in [0.25, 0.3) is 11.5 Å². The van der Waals surface area contributed by atoms with Crippen molar-refractivity contribution in [1.82, 2.24) is 4.57 Å². The van der Waals surface area contributed by atoms with E-state index in [4.69, 9.17) is 23.9 Å². The summed E-state index contributed by atoms with van der Waals surface area (Å²) < 4.78 is 23.8. The third kappa shape index (κ3) is 5.65. The summed E-state index contributed by atoms with van der Waals surface area (Å²) in [5.41, 5.74) is 4.81. The fourth-order valence-electron chi connectivity index (χ4n) is 5.19. The highest BCUT2D eigenvalue weighted by molar-refractivity contribution is 7.07. The number of carbonyl (C=O) groups is 1. The molecule has 222 valence electrons. The molecule has 3 aromatic carbocycles. The van der Waals surface area contributed by atoms with Crippen LogP contribution in [0.1, 0.15) is 35.2 Å². The summed E-state index contributed by atoms with van der Waals surface area (Å²) in [5, 5.41) is 3.05. The van der Waals surface area contributed by atoms with Crippen molar-refractivity contribution in [3.8, 4) is 23.0 Å². The van der Waals surface area contributed by atoms with E-state index in [0.717, 1.165) is 16.7 Å². The summed E-state index contributed by atoms with van der Waals surface area (Å²) >= 11 is 1.25. The van der Waals surface area contributed by atoms with Gasteiger partial charge in [0.15, 0.2) is 16.3 Å². The Kier molecular flexibility index (Phi) is 8.40. The third-order valence-electron chi connectivity index (χ3n) is 7.31. The van der Waals surface area contributed by atoms with Crippen molar-refractivity contribution >= 4 is 29.0 Å². The second kappa shape index (κ2) is 12.2. The molecule has 0 bridgehead atoms. The van der Waals surface area contributed by atoms with Gasteiger partial charge in [0, 0.05) is 5.69 Å². The highest BCUT2D eigenvalue weighted by Gasteiger charge is 2.32. The molecular weight excluding hydrogens is 566 g/mol. The zero-order valence-corrected chi connectivity index (χ0v) is 25.9.